The Labute approximate surface area is 76.9 Å². The number of hydroxylamine groups is 2. The number of hydrogen-bond acceptors (Lipinski definition) is 4. The Morgan fingerprint density at radius 1 is 1.08 bits per heavy atom. The van der Waals surface area contributed by atoms with Gasteiger partial charge in [0.1, 0.15) is 0 Å². The van der Waals surface area contributed by atoms with E-state index in [4.69, 9.17) is 9.68 Å². The van der Waals surface area contributed by atoms with Crippen molar-refractivity contribution >= 4 is 0 Å². The molecule has 13 heavy (non-hydrogen) atoms. The fraction of sp³-hybridized carbons (Fsp3) is 1.00. The van der Waals surface area contributed by atoms with Gasteiger partial charge >= 0.3 is 0 Å². The first kappa shape index (κ1) is 7.17. The molecule has 72 valence electrons. The molecule has 2 aliphatic heterocycles. The van der Waals surface area contributed by atoms with Gasteiger partial charge in [-0.3, -0.25) is 9.68 Å². The summed E-state index contributed by atoms with van der Waals surface area (Å²) < 4.78 is 0. The van der Waals surface area contributed by atoms with E-state index >= 15 is 0 Å². The summed E-state index contributed by atoms with van der Waals surface area (Å²) in [5.74, 6) is 1.75. The molecule has 4 unspecified atom stereocenters. The van der Waals surface area contributed by atoms with Crippen LogP contribution in [0.25, 0.3) is 0 Å². The molecule has 4 fully saturated rings. The Kier molecular flexibility index (Phi) is 1.15. The van der Waals surface area contributed by atoms with Crippen LogP contribution in [0.3, 0.4) is 0 Å². The van der Waals surface area contributed by atoms with Crippen LogP contribution in [0.4, 0.5) is 0 Å². The highest BCUT2D eigenvalue weighted by atomic mass is 16.8. The molecule has 0 aromatic carbocycles. The standard InChI is InChI=1S/C9H14N2O2/c1-2-6-3-5(1)4-9(6,7-10-12-7)8-11-13-8/h5-8,10-11H,1-4H2. The maximum atomic E-state index is 5.28. The number of nitrogens with one attached hydrogen (secondary N) is 2. The number of fused-ring (bicyclic) bond motifs is 2. The minimum Gasteiger partial charge on any atom is -0.277 e. The number of hydrogen-bond donors (Lipinski definition) is 2. The van der Waals surface area contributed by atoms with Crippen LogP contribution in [0.15, 0.2) is 0 Å². The molecule has 0 radical (unpaired) electrons. The molecular formula is C9H14N2O2. The molecule has 2 bridgehead atoms. The Bertz CT molecular complexity index is 238. The summed E-state index contributed by atoms with van der Waals surface area (Å²) in [6.07, 6.45) is 6.00. The molecule has 0 amide bonds. The highest BCUT2D eigenvalue weighted by Gasteiger charge is 2.67. The Morgan fingerprint density at radius 3 is 2.15 bits per heavy atom. The summed E-state index contributed by atoms with van der Waals surface area (Å²) in [4.78, 5) is 10.6. The molecule has 2 heterocycles. The lowest BCUT2D eigenvalue weighted by Gasteiger charge is -2.32. The Hall–Kier alpha value is -0.160. The summed E-state index contributed by atoms with van der Waals surface area (Å²) in [7, 11) is 0. The summed E-state index contributed by atoms with van der Waals surface area (Å²) in [6.45, 7) is 0. The van der Waals surface area contributed by atoms with E-state index in [1.165, 1.54) is 25.7 Å². The highest BCUT2D eigenvalue weighted by Crippen LogP contribution is 2.62. The second-order valence-electron chi connectivity index (χ2n) is 4.92. The van der Waals surface area contributed by atoms with Crippen molar-refractivity contribution in [2.75, 3.05) is 0 Å². The third-order valence-electron chi connectivity index (χ3n) is 4.39. The summed E-state index contributed by atoms with van der Waals surface area (Å²) in [5, 5.41) is 0. The van der Waals surface area contributed by atoms with Crippen LogP contribution in [-0.4, -0.2) is 12.5 Å². The minimum atomic E-state index is 0.266. The van der Waals surface area contributed by atoms with E-state index in [1.807, 2.05) is 0 Å². The Balaban J connectivity index is 1.72. The van der Waals surface area contributed by atoms with E-state index in [0.717, 1.165) is 11.8 Å². The van der Waals surface area contributed by atoms with Gasteiger partial charge in [0.05, 0.1) is 5.41 Å². The number of rotatable bonds is 2. The smallest absolute Gasteiger partial charge is 0.161 e. The predicted octanol–water partition coefficient (Wildman–Crippen LogP) is 0.515. The molecule has 2 saturated carbocycles. The molecule has 2 aliphatic carbocycles. The predicted molar refractivity (Wildman–Crippen MR) is 43.9 cm³/mol. The van der Waals surface area contributed by atoms with Crippen molar-refractivity contribution in [1.82, 2.24) is 11.0 Å². The minimum absolute atomic E-state index is 0.266. The lowest BCUT2D eigenvalue weighted by molar-refractivity contribution is 0.0716. The fourth-order valence-corrected chi connectivity index (χ4v) is 3.70. The monoisotopic (exact) mass is 182 g/mol. The molecule has 0 aromatic heterocycles. The molecule has 2 saturated heterocycles. The molecule has 4 rings (SSSR count). The lowest BCUT2D eigenvalue weighted by atomic mass is 9.71. The molecule has 2 N–H and O–H groups in total. The second kappa shape index (κ2) is 2.08. The first-order chi connectivity index (χ1) is 6.39. The zero-order chi connectivity index (χ0) is 8.47. The van der Waals surface area contributed by atoms with Gasteiger partial charge in [-0.15, -0.1) is 0 Å². The second-order valence-corrected chi connectivity index (χ2v) is 4.92. The van der Waals surface area contributed by atoms with Crippen LogP contribution in [0.2, 0.25) is 0 Å². The first-order valence-corrected chi connectivity index (χ1v) is 5.22. The zero-order valence-corrected chi connectivity index (χ0v) is 7.45. The molecular weight excluding hydrogens is 168 g/mol. The van der Waals surface area contributed by atoms with Gasteiger partial charge in [-0.2, -0.15) is 11.0 Å². The quantitative estimate of drug-likeness (QED) is 0.611. The summed E-state index contributed by atoms with van der Waals surface area (Å²) in [6, 6.07) is 0. The van der Waals surface area contributed by atoms with Crippen molar-refractivity contribution in [2.45, 2.75) is 38.1 Å². The fourth-order valence-electron chi connectivity index (χ4n) is 3.70. The first-order valence-electron chi connectivity index (χ1n) is 5.22. The van der Waals surface area contributed by atoms with E-state index in [2.05, 4.69) is 11.0 Å². The van der Waals surface area contributed by atoms with Crippen molar-refractivity contribution < 1.29 is 9.68 Å². The third-order valence-corrected chi connectivity index (χ3v) is 4.39. The van der Waals surface area contributed by atoms with Gasteiger partial charge in [0.2, 0.25) is 0 Å². The van der Waals surface area contributed by atoms with Crippen molar-refractivity contribution in [3.05, 3.63) is 0 Å². The van der Waals surface area contributed by atoms with Gasteiger partial charge in [-0.1, -0.05) is 6.42 Å². The normalized spacial score (nSPS) is 62.8. The molecule has 4 aliphatic rings. The summed E-state index contributed by atoms with van der Waals surface area (Å²) >= 11 is 0. The maximum Gasteiger partial charge on any atom is 0.161 e. The van der Waals surface area contributed by atoms with E-state index in [0.29, 0.717) is 0 Å². The van der Waals surface area contributed by atoms with Gasteiger partial charge in [-0.25, -0.2) is 0 Å². The average molecular weight is 182 g/mol. The van der Waals surface area contributed by atoms with E-state index in [1.54, 1.807) is 0 Å². The molecule has 4 nitrogen and oxygen atoms in total. The van der Waals surface area contributed by atoms with Crippen LogP contribution in [0, 0.1) is 17.3 Å². The van der Waals surface area contributed by atoms with Crippen LogP contribution < -0.4 is 11.0 Å². The van der Waals surface area contributed by atoms with Crippen LogP contribution >= 0.6 is 0 Å². The zero-order valence-electron chi connectivity index (χ0n) is 7.45. The maximum absolute atomic E-state index is 5.28. The topological polar surface area (TPSA) is 68.9 Å². The van der Waals surface area contributed by atoms with Crippen molar-refractivity contribution in [1.29, 1.82) is 0 Å². The van der Waals surface area contributed by atoms with Crippen molar-refractivity contribution in [2.24, 2.45) is 17.3 Å². The average Bonchev–Trinajstić information content (AvgIpc) is 3.05. The highest BCUT2D eigenvalue weighted by molar-refractivity contribution is 5.09. The van der Waals surface area contributed by atoms with E-state index < -0.39 is 0 Å². The van der Waals surface area contributed by atoms with Crippen LogP contribution in [0.1, 0.15) is 25.7 Å². The van der Waals surface area contributed by atoms with Gasteiger partial charge in [0.15, 0.2) is 12.5 Å². The Morgan fingerprint density at radius 2 is 1.77 bits per heavy atom. The van der Waals surface area contributed by atoms with Crippen molar-refractivity contribution in [3.63, 3.8) is 0 Å². The van der Waals surface area contributed by atoms with Gasteiger partial charge in [0.25, 0.3) is 0 Å². The molecule has 0 aromatic rings. The molecule has 0 spiro atoms. The molecule has 4 heteroatoms. The SMILES string of the molecule is C1CC2CC1CC2(C1NO1)C1NO1. The van der Waals surface area contributed by atoms with Crippen LogP contribution in [-0.2, 0) is 9.68 Å². The van der Waals surface area contributed by atoms with Crippen molar-refractivity contribution in [3.8, 4) is 0 Å². The van der Waals surface area contributed by atoms with Gasteiger partial charge in [0, 0.05) is 0 Å². The van der Waals surface area contributed by atoms with Gasteiger partial charge < -0.3 is 0 Å². The van der Waals surface area contributed by atoms with E-state index in [9.17, 15) is 0 Å². The summed E-state index contributed by atoms with van der Waals surface area (Å²) in [5.41, 5.74) is 6.27. The lowest BCUT2D eigenvalue weighted by Crippen LogP contribution is -2.41. The van der Waals surface area contributed by atoms with Crippen LogP contribution in [0.5, 0.6) is 0 Å². The third kappa shape index (κ3) is 0.801. The van der Waals surface area contributed by atoms with E-state index in [-0.39, 0.29) is 17.9 Å². The largest absolute Gasteiger partial charge is 0.277 e. The van der Waals surface area contributed by atoms with Gasteiger partial charge in [-0.05, 0) is 31.1 Å². The molecule has 4 atom stereocenters.